The van der Waals surface area contributed by atoms with E-state index < -0.39 is 22.5 Å². The predicted molar refractivity (Wildman–Crippen MR) is 51.8 cm³/mol. The largest absolute Gasteiger partial charge is 0.480 e. The van der Waals surface area contributed by atoms with E-state index in [-0.39, 0.29) is 10.6 Å². The summed E-state index contributed by atoms with van der Waals surface area (Å²) in [6.07, 6.45) is 1.27. The van der Waals surface area contributed by atoms with Crippen LogP contribution in [0, 0.1) is 11.3 Å². The molecule has 1 heterocycles. The molecule has 0 unspecified atom stereocenters. The summed E-state index contributed by atoms with van der Waals surface area (Å²) in [4.78, 5) is 13.5. The molecule has 0 aliphatic carbocycles. The van der Waals surface area contributed by atoms with Crippen molar-refractivity contribution >= 4 is 16.0 Å². The second kappa shape index (κ2) is 4.69. The number of sulfonamides is 1. The highest BCUT2D eigenvalue weighted by molar-refractivity contribution is 7.89. The lowest BCUT2D eigenvalue weighted by Crippen LogP contribution is -2.30. The van der Waals surface area contributed by atoms with Gasteiger partial charge in [-0.05, 0) is 12.1 Å². The van der Waals surface area contributed by atoms with Crippen LogP contribution in [0.2, 0.25) is 0 Å². The highest BCUT2D eigenvalue weighted by Gasteiger charge is 2.19. The van der Waals surface area contributed by atoms with Crippen LogP contribution in [-0.2, 0) is 14.8 Å². The van der Waals surface area contributed by atoms with E-state index in [1.165, 1.54) is 18.3 Å². The van der Waals surface area contributed by atoms with E-state index in [9.17, 15) is 13.2 Å². The Morgan fingerprint density at radius 3 is 2.88 bits per heavy atom. The molecule has 0 aliphatic rings. The summed E-state index contributed by atoms with van der Waals surface area (Å²) in [6, 6.07) is 4.13. The van der Waals surface area contributed by atoms with E-state index in [4.69, 9.17) is 10.4 Å². The minimum Gasteiger partial charge on any atom is -0.480 e. The molecule has 84 valence electrons. The van der Waals surface area contributed by atoms with Gasteiger partial charge >= 0.3 is 5.97 Å². The van der Waals surface area contributed by atoms with E-state index in [0.29, 0.717) is 0 Å². The molecule has 8 heteroatoms. The standard InChI is InChI=1S/C8H7N3O4S/c9-4-6-7(2-1-3-10-6)16(14,15)11-5-8(12)13/h1-3,11H,5H2,(H,12,13). The molecule has 16 heavy (non-hydrogen) atoms. The number of carboxylic acids is 1. The number of carboxylic acid groups (broad SMARTS) is 1. The summed E-state index contributed by atoms with van der Waals surface area (Å²) < 4.78 is 24.9. The minimum atomic E-state index is -4.01. The normalized spacial score (nSPS) is 10.7. The third-order valence-corrected chi connectivity index (χ3v) is 3.01. The predicted octanol–water partition coefficient (Wildman–Crippen LogP) is -0.684. The van der Waals surface area contributed by atoms with E-state index >= 15 is 0 Å². The van der Waals surface area contributed by atoms with Crippen LogP contribution in [-0.4, -0.2) is 31.0 Å². The Morgan fingerprint density at radius 1 is 1.62 bits per heavy atom. The Hall–Kier alpha value is -1.98. The van der Waals surface area contributed by atoms with E-state index in [1.54, 1.807) is 6.07 Å². The number of aromatic nitrogens is 1. The van der Waals surface area contributed by atoms with Crippen LogP contribution in [0.4, 0.5) is 0 Å². The van der Waals surface area contributed by atoms with Crippen molar-refractivity contribution in [3.63, 3.8) is 0 Å². The molecule has 7 nitrogen and oxygen atoms in total. The number of pyridine rings is 1. The number of nitriles is 1. The Labute approximate surface area is 91.4 Å². The second-order valence-corrected chi connectivity index (χ2v) is 4.42. The molecule has 2 N–H and O–H groups in total. The summed E-state index contributed by atoms with van der Waals surface area (Å²) in [5.74, 6) is -1.31. The lowest BCUT2D eigenvalue weighted by atomic mass is 10.4. The zero-order valence-electron chi connectivity index (χ0n) is 7.91. The summed E-state index contributed by atoms with van der Waals surface area (Å²) in [6.45, 7) is -0.748. The summed E-state index contributed by atoms with van der Waals surface area (Å²) in [5.41, 5.74) is -0.277. The van der Waals surface area contributed by atoms with Gasteiger partial charge in [-0.3, -0.25) is 4.79 Å². The van der Waals surface area contributed by atoms with Crippen LogP contribution >= 0.6 is 0 Å². The Balaban J connectivity index is 3.08. The average Bonchev–Trinajstić information content (AvgIpc) is 2.26. The van der Waals surface area contributed by atoms with Crippen molar-refractivity contribution < 1.29 is 18.3 Å². The van der Waals surface area contributed by atoms with Gasteiger partial charge < -0.3 is 5.11 Å². The van der Waals surface area contributed by atoms with Crippen molar-refractivity contribution in [2.75, 3.05) is 6.54 Å². The van der Waals surface area contributed by atoms with Crippen molar-refractivity contribution in [1.82, 2.24) is 9.71 Å². The molecule has 0 saturated carbocycles. The highest BCUT2D eigenvalue weighted by Crippen LogP contribution is 2.10. The van der Waals surface area contributed by atoms with Gasteiger partial charge in [0.2, 0.25) is 10.0 Å². The fourth-order valence-corrected chi connectivity index (χ4v) is 2.01. The Morgan fingerprint density at radius 2 is 2.31 bits per heavy atom. The van der Waals surface area contributed by atoms with E-state index in [1.807, 2.05) is 4.72 Å². The van der Waals surface area contributed by atoms with Crippen molar-refractivity contribution in [3.05, 3.63) is 24.0 Å². The number of hydrogen-bond donors (Lipinski definition) is 2. The maximum absolute atomic E-state index is 11.6. The monoisotopic (exact) mass is 241 g/mol. The first-order valence-corrected chi connectivity index (χ1v) is 5.52. The molecule has 1 aromatic rings. The van der Waals surface area contributed by atoms with Gasteiger partial charge in [0.25, 0.3) is 0 Å². The fourth-order valence-electron chi connectivity index (χ4n) is 0.926. The van der Waals surface area contributed by atoms with Crippen molar-refractivity contribution in [2.45, 2.75) is 4.90 Å². The average molecular weight is 241 g/mol. The first kappa shape index (κ1) is 12.1. The molecule has 0 radical (unpaired) electrons. The smallest absolute Gasteiger partial charge is 0.318 e. The van der Waals surface area contributed by atoms with Gasteiger partial charge in [0, 0.05) is 6.20 Å². The zero-order chi connectivity index (χ0) is 12.2. The van der Waals surface area contributed by atoms with Gasteiger partial charge in [0.15, 0.2) is 5.69 Å². The fraction of sp³-hybridized carbons (Fsp3) is 0.125. The Kier molecular flexibility index (Phi) is 3.55. The number of nitrogens with zero attached hydrogens (tertiary/aromatic N) is 2. The number of aliphatic carboxylic acids is 1. The van der Waals surface area contributed by atoms with E-state index in [2.05, 4.69) is 4.98 Å². The quantitative estimate of drug-likeness (QED) is 0.720. The maximum Gasteiger partial charge on any atom is 0.318 e. The maximum atomic E-state index is 11.6. The molecule has 0 amide bonds. The number of nitrogens with one attached hydrogen (secondary N) is 1. The first-order chi connectivity index (χ1) is 7.47. The lowest BCUT2D eigenvalue weighted by Gasteiger charge is -2.04. The SMILES string of the molecule is N#Cc1ncccc1S(=O)(=O)NCC(=O)O. The van der Waals surface area contributed by atoms with Crippen LogP contribution in [0.15, 0.2) is 23.2 Å². The molecular weight excluding hydrogens is 234 g/mol. The molecule has 0 aromatic carbocycles. The zero-order valence-corrected chi connectivity index (χ0v) is 8.73. The summed E-state index contributed by atoms with van der Waals surface area (Å²) >= 11 is 0. The van der Waals surface area contributed by atoms with Crippen molar-refractivity contribution in [1.29, 1.82) is 5.26 Å². The van der Waals surface area contributed by atoms with Gasteiger partial charge in [-0.2, -0.15) is 9.98 Å². The Bertz CT molecular complexity index is 547. The third-order valence-electron chi connectivity index (χ3n) is 1.58. The van der Waals surface area contributed by atoms with Gasteiger partial charge in [0.05, 0.1) is 0 Å². The van der Waals surface area contributed by atoms with Crippen LogP contribution in [0.3, 0.4) is 0 Å². The molecule has 0 saturated heterocycles. The highest BCUT2D eigenvalue weighted by atomic mass is 32.2. The number of carbonyl (C=O) groups is 1. The number of rotatable bonds is 4. The van der Waals surface area contributed by atoms with Gasteiger partial charge in [0.1, 0.15) is 17.5 Å². The topological polar surface area (TPSA) is 120 Å². The molecule has 1 rings (SSSR count). The molecular formula is C8H7N3O4S. The molecule has 0 fully saturated rings. The number of hydrogen-bond acceptors (Lipinski definition) is 5. The van der Waals surface area contributed by atoms with Gasteiger partial charge in [-0.15, -0.1) is 0 Å². The van der Waals surface area contributed by atoms with Crippen LogP contribution in [0.5, 0.6) is 0 Å². The lowest BCUT2D eigenvalue weighted by molar-refractivity contribution is -0.135. The molecule has 0 spiro atoms. The van der Waals surface area contributed by atoms with Gasteiger partial charge in [-0.25, -0.2) is 13.4 Å². The molecule has 1 aromatic heterocycles. The molecule has 0 bridgehead atoms. The summed E-state index contributed by atoms with van der Waals surface area (Å²) in [7, 11) is -4.01. The third kappa shape index (κ3) is 2.75. The minimum absolute atomic E-state index is 0.277. The molecule has 0 aliphatic heterocycles. The van der Waals surface area contributed by atoms with E-state index in [0.717, 1.165) is 0 Å². The first-order valence-electron chi connectivity index (χ1n) is 4.04. The summed E-state index contributed by atoms with van der Waals surface area (Å²) in [5, 5.41) is 17.0. The molecule has 0 atom stereocenters. The van der Waals surface area contributed by atoms with Crippen LogP contribution in [0.25, 0.3) is 0 Å². The van der Waals surface area contributed by atoms with Crippen LogP contribution < -0.4 is 4.72 Å². The van der Waals surface area contributed by atoms with Crippen molar-refractivity contribution in [2.24, 2.45) is 0 Å². The van der Waals surface area contributed by atoms with Gasteiger partial charge in [-0.1, -0.05) is 0 Å². The van der Waals surface area contributed by atoms with Crippen LogP contribution in [0.1, 0.15) is 5.69 Å². The second-order valence-electron chi connectivity index (χ2n) is 2.68. The van der Waals surface area contributed by atoms with Crippen molar-refractivity contribution in [3.8, 4) is 6.07 Å².